The van der Waals surface area contributed by atoms with Gasteiger partial charge < -0.3 is 0 Å². The van der Waals surface area contributed by atoms with Crippen molar-refractivity contribution in [1.29, 1.82) is 0 Å². The van der Waals surface area contributed by atoms with E-state index in [0.29, 0.717) is 10.7 Å². The average Bonchev–Trinajstić information content (AvgIpc) is 3.00. The molecule has 1 aromatic rings. The number of halogens is 1. The Bertz CT molecular complexity index is 405. The zero-order valence-corrected chi connectivity index (χ0v) is 9.37. The van der Waals surface area contributed by atoms with Gasteiger partial charge in [0.25, 0.3) is 0 Å². The monoisotopic (exact) mass is 224 g/mol. The van der Waals surface area contributed by atoms with E-state index in [0.717, 1.165) is 19.4 Å². The molecule has 0 spiro atoms. The summed E-state index contributed by atoms with van der Waals surface area (Å²) in [4.78, 5) is 11.4. The van der Waals surface area contributed by atoms with Crippen molar-refractivity contribution < 1.29 is 4.79 Å². The fraction of sp³-hybridized carbons (Fsp3) is 0.455. The van der Waals surface area contributed by atoms with Gasteiger partial charge in [-0.05, 0) is 31.9 Å². The maximum Gasteiger partial charge on any atom is 0.158 e. The summed E-state index contributed by atoms with van der Waals surface area (Å²) in [5.74, 6) is 0.449. The highest BCUT2D eigenvalue weighted by Gasteiger charge is 2.27. The molecule has 4 heteroatoms. The van der Waals surface area contributed by atoms with Crippen LogP contribution in [0, 0.1) is 5.92 Å². The van der Waals surface area contributed by atoms with Crippen LogP contribution in [0.25, 0.3) is 6.08 Å². The van der Waals surface area contributed by atoms with Crippen LogP contribution in [0.15, 0.2) is 12.3 Å². The summed E-state index contributed by atoms with van der Waals surface area (Å²) in [5.41, 5.74) is 0.674. The second-order valence-corrected chi connectivity index (χ2v) is 4.14. The van der Waals surface area contributed by atoms with Crippen LogP contribution in [0.5, 0.6) is 0 Å². The normalized spacial score (nSPS) is 16.1. The number of nitrogens with zero attached hydrogens (tertiary/aromatic N) is 2. The van der Waals surface area contributed by atoms with E-state index >= 15 is 0 Å². The van der Waals surface area contributed by atoms with Crippen molar-refractivity contribution in [3.8, 4) is 0 Å². The van der Waals surface area contributed by atoms with E-state index < -0.39 is 0 Å². The van der Waals surface area contributed by atoms with Crippen LogP contribution in [0.4, 0.5) is 0 Å². The van der Waals surface area contributed by atoms with Gasteiger partial charge >= 0.3 is 0 Å². The van der Waals surface area contributed by atoms with Gasteiger partial charge in [0, 0.05) is 18.7 Å². The van der Waals surface area contributed by atoms with Crippen LogP contribution < -0.4 is 0 Å². The van der Waals surface area contributed by atoms with Crippen molar-refractivity contribution in [2.75, 3.05) is 0 Å². The third kappa shape index (κ3) is 2.48. The number of ketones is 1. The highest BCUT2D eigenvalue weighted by Crippen LogP contribution is 2.30. The van der Waals surface area contributed by atoms with Gasteiger partial charge in [-0.25, -0.2) is 0 Å². The summed E-state index contributed by atoms with van der Waals surface area (Å²) in [6, 6.07) is 0. The largest absolute Gasteiger partial charge is 0.295 e. The number of carbonyl (C=O) groups is 1. The molecule has 1 aromatic heterocycles. The molecular formula is C11H13ClN2O. The van der Waals surface area contributed by atoms with Crippen molar-refractivity contribution >= 4 is 23.5 Å². The molecule has 1 aliphatic carbocycles. The molecule has 2 rings (SSSR count). The quantitative estimate of drug-likeness (QED) is 0.737. The Labute approximate surface area is 93.7 Å². The summed E-state index contributed by atoms with van der Waals surface area (Å²) >= 11 is 5.96. The Balaban J connectivity index is 2.08. The van der Waals surface area contributed by atoms with Gasteiger partial charge in [-0.3, -0.25) is 9.48 Å². The first kappa shape index (κ1) is 10.4. The molecule has 1 saturated carbocycles. The highest BCUT2D eigenvalue weighted by atomic mass is 35.5. The van der Waals surface area contributed by atoms with E-state index in [9.17, 15) is 4.79 Å². The maximum atomic E-state index is 11.4. The fourth-order valence-corrected chi connectivity index (χ4v) is 1.57. The number of allylic oxidation sites excluding steroid dienone is 1. The number of rotatable bonds is 4. The van der Waals surface area contributed by atoms with Gasteiger partial charge in [-0.2, -0.15) is 5.10 Å². The Morgan fingerprint density at radius 1 is 1.73 bits per heavy atom. The molecule has 0 bridgehead atoms. The molecule has 0 N–H and O–H groups in total. The van der Waals surface area contributed by atoms with Crippen LogP contribution in [0.2, 0.25) is 5.02 Å². The smallest absolute Gasteiger partial charge is 0.158 e. The van der Waals surface area contributed by atoms with E-state index in [4.69, 9.17) is 11.6 Å². The lowest BCUT2D eigenvalue weighted by Crippen LogP contribution is -1.95. The number of hydrogen-bond donors (Lipinski definition) is 0. The van der Waals surface area contributed by atoms with Crippen LogP contribution >= 0.6 is 11.6 Å². The lowest BCUT2D eigenvalue weighted by molar-refractivity contribution is -0.115. The maximum absolute atomic E-state index is 11.4. The van der Waals surface area contributed by atoms with Crippen molar-refractivity contribution in [3.63, 3.8) is 0 Å². The van der Waals surface area contributed by atoms with Gasteiger partial charge in [-0.15, -0.1) is 0 Å². The molecule has 1 heterocycles. The molecule has 0 radical (unpaired) electrons. The Hall–Kier alpha value is -1.09. The van der Waals surface area contributed by atoms with E-state index in [1.54, 1.807) is 23.0 Å². The van der Waals surface area contributed by atoms with Crippen LogP contribution in [0.3, 0.4) is 0 Å². The highest BCUT2D eigenvalue weighted by molar-refractivity contribution is 6.31. The lowest BCUT2D eigenvalue weighted by Gasteiger charge is -1.90. The van der Waals surface area contributed by atoms with Gasteiger partial charge in [0.15, 0.2) is 5.78 Å². The predicted molar refractivity (Wildman–Crippen MR) is 59.7 cm³/mol. The number of hydrogen-bond acceptors (Lipinski definition) is 2. The van der Waals surface area contributed by atoms with Crippen molar-refractivity contribution in [2.45, 2.75) is 26.3 Å². The topological polar surface area (TPSA) is 34.9 Å². The van der Waals surface area contributed by atoms with Crippen LogP contribution in [0.1, 0.15) is 25.5 Å². The molecular weight excluding hydrogens is 212 g/mol. The fourth-order valence-electron chi connectivity index (χ4n) is 1.35. The number of aryl methyl sites for hydroxylation is 1. The molecule has 0 saturated heterocycles. The third-order valence-electron chi connectivity index (χ3n) is 2.45. The van der Waals surface area contributed by atoms with Crippen LogP contribution in [-0.2, 0) is 11.3 Å². The number of carbonyl (C=O) groups excluding carboxylic acids is 1. The molecule has 1 fully saturated rings. The van der Waals surface area contributed by atoms with Gasteiger partial charge in [-0.1, -0.05) is 11.6 Å². The SMILES string of the molecule is CCn1cc(Cl)c(/C=C/C(=O)C2CC2)n1. The van der Waals surface area contributed by atoms with Gasteiger partial charge in [0.1, 0.15) is 5.69 Å². The second-order valence-electron chi connectivity index (χ2n) is 3.73. The zero-order chi connectivity index (χ0) is 10.8. The van der Waals surface area contributed by atoms with E-state index in [-0.39, 0.29) is 11.7 Å². The molecule has 0 amide bonds. The number of aromatic nitrogens is 2. The molecule has 3 nitrogen and oxygen atoms in total. The Morgan fingerprint density at radius 3 is 3.00 bits per heavy atom. The van der Waals surface area contributed by atoms with Crippen LogP contribution in [-0.4, -0.2) is 15.6 Å². The summed E-state index contributed by atoms with van der Waals surface area (Å²) in [6.07, 6.45) is 7.12. The van der Waals surface area contributed by atoms with E-state index in [1.807, 2.05) is 6.92 Å². The standard InChI is InChI=1S/C11H13ClN2O/c1-2-14-7-9(12)10(13-14)5-6-11(15)8-3-4-8/h5-8H,2-4H2,1H3/b6-5+. The molecule has 80 valence electrons. The van der Waals surface area contributed by atoms with E-state index in [2.05, 4.69) is 5.10 Å². The van der Waals surface area contributed by atoms with Gasteiger partial charge in [0.05, 0.1) is 5.02 Å². The van der Waals surface area contributed by atoms with E-state index in [1.165, 1.54) is 0 Å². The molecule has 0 unspecified atom stereocenters. The van der Waals surface area contributed by atoms with Crippen molar-refractivity contribution in [1.82, 2.24) is 9.78 Å². The zero-order valence-electron chi connectivity index (χ0n) is 8.61. The summed E-state index contributed by atoms with van der Waals surface area (Å²) in [6.45, 7) is 2.77. The first-order valence-electron chi connectivity index (χ1n) is 5.15. The first-order valence-corrected chi connectivity index (χ1v) is 5.53. The minimum atomic E-state index is 0.192. The summed E-state index contributed by atoms with van der Waals surface area (Å²) in [7, 11) is 0. The van der Waals surface area contributed by atoms with Gasteiger partial charge in [0.2, 0.25) is 0 Å². The molecule has 0 aromatic carbocycles. The van der Waals surface area contributed by atoms with Crippen molar-refractivity contribution in [2.24, 2.45) is 5.92 Å². The predicted octanol–water partition coefficient (Wildman–Crippen LogP) is 2.55. The molecule has 0 atom stereocenters. The second kappa shape index (κ2) is 4.19. The molecule has 0 aliphatic heterocycles. The minimum absolute atomic E-state index is 0.192. The van der Waals surface area contributed by atoms with Crippen molar-refractivity contribution in [3.05, 3.63) is 23.0 Å². The lowest BCUT2D eigenvalue weighted by atomic mass is 10.2. The minimum Gasteiger partial charge on any atom is -0.295 e. The first-order chi connectivity index (χ1) is 7.20. The average molecular weight is 225 g/mol. The summed E-state index contributed by atoms with van der Waals surface area (Å²) < 4.78 is 1.75. The molecule has 1 aliphatic rings. The Morgan fingerprint density at radius 2 is 2.47 bits per heavy atom. The Kier molecular flexibility index (Phi) is 2.91. The third-order valence-corrected chi connectivity index (χ3v) is 2.74. The molecule has 15 heavy (non-hydrogen) atoms. The summed E-state index contributed by atoms with van der Waals surface area (Å²) in [5, 5.41) is 4.82.